The van der Waals surface area contributed by atoms with Gasteiger partial charge >= 0.3 is 12.0 Å². The Kier molecular flexibility index (Phi) is 7.42. The predicted octanol–water partition coefficient (Wildman–Crippen LogP) is 2.84. The van der Waals surface area contributed by atoms with Crippen LogP contribution < -0.4 is 16.0 Å². The van der Waals surface area contributed by atoms with E-state index in [2.05, 4.69) is 16.0 Å². The van der Waals surface area contributed by atoms with Gasteiger partial charge < -0.3 is 21.1 Å². The molecular formula is C18H27N3O4. The van der Waals surface area contributed by atoms with E-state index in [0.717, 1.165) is 0 Å². The normalized spacial score (nSPS) is 11.1. The predicted molar refractivity (Wildman–Crippen MR) is 96.7 cm³/mol. The fraction of sp³-hybridized carbons (Fsp3) is 0.500. The number of carbonyl (C=O) groups is 3. The van der Waals surface area contributed by atoms with Crippen LogP contribution in [-0.2, 0) is 4.79 Å². The highest BCUT2D eigenvalue weighted by Crippen LogP contribution is 2.25. The minimum absolute atomic E-state index is 0.00119. The summed E-state index contributed by atoms with van der Waals surface area (Å²) in [7, 11) is 0. The van der Waals surface area contributed by atoms with Gasteiger partial charge in [0, 0.05) is 23.8 Å². The van der Waals surface area contributed by atoms with Crippen molar-refractivity contribution in [3.05, 3.63) is 29.8 Å². The monoisotopic (exact) mass is 349 g/mol. The zero-order valence-corrected chi connectivity index (χ0v) is 15.2. The molecule has 138 valence electrons. The molecule has 1 rings (SSSR count). The van der Waals surface area contributed by atoms with Gasteiger partial charge in [-0.3, -0.25) is 9.59 Å². The Balaban J connectivity index is 2.78. The number of rotatable bonds is 8. The summed E-state index contributed by atoms with van der Waals surface area (Å²) in [5.74, 6) is -1.29. The molecule has 0 aliphatic heterocycles. The van der Waals surface area contributed by atoms with E-state index in [1.165, 1.54) is 0 Å². The van der Waals surface area contributed by atoms with Crippen molar-refractivity contribution in [2.24, 2.45) is 5.41 Å². The molecule has 0 saturated heterocycles. The molecule has 0 unspecified atom stereocenters. The number of hydrogen-bond acceptors (Lipinski definition) is 3. The first-order valence-electron chi connectivity index (χ1n) is 8.43. The number of benzene rings is 1. The number of urea groups is 1. The van der Waals surface area contributed by atoms with E-state index < -0.39 is 11.4 Å². The van der Waals surface area contributed by atoms with E-state index in [1.807, 2.05) is 13.8 Å². The largest absolute Gasteiger partial charge is 0.481 e. The summed E-state index contributed by atoms with van der Waals surface area (Å²) in [5, 5.41) is 17.5. The minimum atomic E-state index is -0.970. The van der Waals surface area contributed by atoms with E-state index in [-0.39, 0.29) is 24.5 Å². The lowest BCUT2D eigenvalue weighted by Gasteiger charge is -2.26. The molecular weight excluding hydrogens is 322 g/mol. The Hall–Kier alpha value is -2.57. The molecule has 7 nitrogen and oxygen atoms in total. The van der Waals surface area contributed by atoms with Crippen LogP contribution in [0.3, 0.4) is 0 Å². The van der Waals surface area contributed by atoms with Crippen LogP contribution in [-0.4, -0.2) is 35.6 Å². The van der Waals surface area contributed by atoms with Crippen molar-refractivity contribution in [1.29, 1.82) is 0 Å². The molecule has 1 aromatic rings. The highest BCUT2D eigenvalue weighted by molar-refractivity contribution is 5.97. The summed E-state index contributed by atoms with van der Waals surface area (Å²) in [6.07, 6.45) is 0.853. The van der Waals surface area contributed by atoms with Crippen molar-refractivity contribution in [2.75, 3.05) is 11.9 Å². The van der Waals surface area contributed by atoms with E-state index in [1.54, 1.807) is 38.1 Å². The van der Waals surface area contributed by atoms with Gasteiger partial charge in [0.15, 0.2) is 0 Å². The third-order valence-electron chi connectivity index (χ3n) is 4.20. The fourth-order valence-corrected chi connectivity index (χ4v) is 2.40. The van der Waals surface area contributed by atoms with Gasteiger partial charge in [0.25, 0.3) is 5.91 Å². The molecule has 0 spiro atoms. The maximum absolute atomic E-state index is 12.3. The average molecular weight is 349 g/mol. The summed E-state index contributed by atoms with van der Waals surface area (Å²) >= 11 is 0. The van der Waals surface area contributed by atoms with Crippen LogP contribution in [0.15, 0.2) is 24.3 Å². The molecule has 0 heterocycles. The smallest absolute Gasteiger partial charge is 0.319 e. The average Bonchev–Trinajstić information content (AvgIpc) is 2.55. The van der Waals surface area contributed by atoms with Gasteiger partial charge in [0.1, 0.15) is 0 Å². The van der Waals surface area contributed by atoms with Crippen LogP contribution in [0.25, 0.3) is 0 Å². The van der Waals surface area contributed by atoms with Crippen molar-refractivity contribution >= 4 is 23.6 Å². The number of anilines is 1. The number of hydrogen-bond donors (Lipinski definition) is 4. The first-order valence-corrected chi connectivity index (χ1v) is 8.43. The lowest BCUT2D eigenvalue weighted by atomic mass is 9.82. The Morgan fingerprint density at radius 3 is 2.32 bits per heavy atom. The van der Waals surface area contributed by atoms with Crippen molar-refractivity contribution in [3.63, 3.8) is 0 Å². The Bertz CT molecular complexity index is 625. The molecule has 0 aliphatic rings. The molecule has 1 aromatic carbocycles. The Morgan fingerprint density at radius 2 is 1.80 bits per heavy atom. The summed E-state index contributed by atoms with van der Waals surface area (Å²) in [6.45, 7) is 7.34. The maximum Gasteiger partial charge on any atom is 0.319 e. The zero-order chi connectivity index (χ0) is 19.0. The third-order valence-corrected chi connectivity index (χ3v) is 4.20. The molecule has 0 radical (unpaired) electrons. The quantitative estimate of drug-likeness (QED) is 0.579. The van der Waals surface area contributed by atoms with Crippen molar-refractivity contribution in [1.82, 2.24) is 10.6 Å². The summed E-state index contributed by atoms with van der Waals surface area (Å²) < 4.78 is 0. The maximum atomic E-state index is 12.3. The van der Waals surface area contributed by atoms with E-state index in [4.69, 9.17) is 0 Å². The molecule has 3 amide bonds. The first kappa shape index (κ1) is 20.5. The van der Waals surface area contributed by atoms with E-state index in [0.29, 0.717) is 24.1 Å². The standard InChI is InChI=1S/C18H27N3O4/c1-5-18(6-2,16(23)24)11-19-15(22)13-8-7-9-14(10-13)21-17(25)20-12(3)4/h7-10,12H,5-6,11H2,1-4H3,(H,19,22)(H,23,24)(H2,20,21,25). The second kappa shape index (κ2) is 9.05. The molecule has 0 saturated carbocycles. The lowest BCUT2D eigenvalue weighted by molar-refractivity contribution is -0.149. The van der Waals surface area contributed by atoms with Crippen LogP contribution in [0.4, 0.5) is 10.5 Å². The highest BCUT2D eigenvalue weighted by Gasteiger charge is 2.35. The summed E-state index contributed by atoms with van der Waals surface area (Å²) in [4.78, 5) is 35.5. The molecule has 4 N–H and O–H groups in total. The number of carboxylic acids is 1. The molecule has 0 aromatic heterocycles. The van der Waals surface area contributed by atoms with Gasteiger partial charge in [-0.05, 0) is 44.9 Å². The highest BCUT2D eigenvalue weighted by atomic mass is 16.4. The van der Waals surface area contributed by atoms with Gasteiger partial charge in [0.2, 0.25) is 0 Å². The molecule has 0 fully saturated rings. The van der Waals surface area contributed by atoms with Gasteiger partial charge in [-0.1, -0.05) is 19.9 Å². The van der Waals surface area contributed by atoms with Crippen LogP contribution in [0, 0.1) is 5.41 Å². The zero-order valence-electron chi connectivity index (χ0n) is 15.2. The SMILES string of the molecule is CCC(CC)(CNC(=O)c1cccc(NC(=O)NC(C)C)c1)C(=O)O. The summed E-state index contributed by atoms with van der Waals surface area (Å²) in [6, 6.07) is 6.14. The van der Waals surface area contributed by atoms with Crippen LogP contribution in [0.2, 0.25) is 0 Å². The van der Waals surface area contributed by atoms with Gasteiger partial charge in [-0.25, -0.2) is 4.79 Å². The number of nitrogens with one attached hydrogen (secondary N) is 3. The van der Waals surface area contributed by atoms with E-state index >= 15 is 0 Å². The number of aliphatic carboxylic acids is 1. The minimum Gasteiger partial charge on any atom is -0.481 e. The number of amides is 3. The second-order valence-electron chi connectivity index (χ2n) is 6.31. The number of carbonyl (C=O) groups excluding carboxylic acids is 2. The topological polar surface area (TPSA) is 108 Å². The van der Waals surface area contributed by atoms with Gasteiger partial charge in [0.05, 0.1) is 5.41 Å². The van der Waals surface area contributed by atoms with Gasteiger partial charge in [-0.15, -0.1) is 0 Å². The Labute approximate surface area is 148 Å². The van der Waals surface area contributed by atoms with Crippen LogP contribution in [0.1, 0.15) is 50.9 Å². The number of carboxylic acid groups (broad SMARTS) is 1. The van der Waals surface area contributed by atoms with Crippen molar-refractivity contribution in [2.45, 2.75) is 46.6 Å². The van der Waals surface area contributed by atoms with Crippen molar-refractivity contribution < 1.29 is 19.5 Å². The molecule has 7 heteroatoms. The first-order chi connectivity index (χ1) is 11.7. The van der Waals surface area contributed by atoms with Crippen molar-refractivity contribution in [3.8, 4) is 0 Å². The van der Waals surface area contributed by atoms with Crippen LogP contribution >= 0.6 is 0 Å². The molecule has 25 heavy (non-hydrogen) atoms. The third kappa shape index (κ3) is 5.77. The molecule has 0 bridgehead atoms. The summed E-state index contributed by atoms with van der Waals surface area (Å²) in [5.41, 5.74) is -0.127. The second-order valence-corrected chi connectivity index (χ2v) is 6.31. The lowest BCUT2D eigenvalue weighted by Crippen LogP contribution is -2.42. The molecule has 0 atom stereocenters. The fourth-order valence-electron chi connectivity index (χ4n) is 2.40. The Morgan fingerprint density at radius 1 is 1.16 bits per heavy atom. The molecule has 0 aliphatic carbocycles. The van der Waals surface area contributed by atoms with Gasteiger partial charge in [-0.2, -0.15) is 0 Å². The van der Waals surface area contributed by atoms with E-state index in [9.17, 15) is 19.5 Å². The van der Waals surface area contributed by atoms with Crippen LogP contribution in [0.5, 0.6) is 0 Å².